The maximum absolute atomic E-state index is 13.9. The van der Waals surface area contributed by atoms with E-state index in [1.54, 1.807) is 34.3 Å². The molecule has 2 unspecified atom stereocenters. The molecule has 2 aliphatic rings. The first-order valence-corrected chi connectivity index (χ1v) is 26.9. The van der Waals surface area contributed by atoms with Crippen LogP contribution in [-0.2, 0) is 53.0 Å². The number of hydrogen-bond acceptors (Lipinski definition) is 14. The Labute approximate surface area is 494 Å². The van der Waals surface area contributed by atoms with Crippen molar-refractivity contribution in [2.75, 3.05) is 40.4 Å². The molecule has 20 nitrogen and oxygen atoms in total. The summed E-state index contributed by atoms with van der Waals surface area (Å²) in [6.07, 6.45) is -5.30. The van der Waals surface area contributed by atoms with Crippen LogP contribution in [0.25, 0.3) is 43.9 Å². The van der Waals surface area contributed by atoms with Gasteiger partial charge in [-0.2, -0.15) is 26.3 Å². The summed E-state index contributed by atoms with van der Waals surface area (Å²) >= 11 is 0. The number of piperidine rings is 2. The topological polar surface area (TPSA) is 237 Å². The van der Waals surface area contributed by atoms with Crippen molar-refractivity contribution in [1.82, 2.24) is 38.4 Å². The van der Waals surface area contributed by atoms with Crippen LogP contribution in [0.5, 0.6) is 0 Å². The second kappa shape index (κ2) is 25.0. The van der Waals surface area contributed by atoms with E-state index in [9.17, 15) is 64.4 Å². The summed E-state index contributed by atoms with van der Waals surface area (Å²) in [5, 5.41) is 1.80. The van der Waals surface area contributed by atoms with Crippen LogP contribution in [0.3, 0.4) is 0 Å². The van der Waals surface area contributed by atoms with Gasteiger partial charge in [-0.3, -0.25) is 37.8 Å². The van der Waals surface area contributed by atoms with E-state index in [0.717, 1.165) is 92.7 Å². The van der Waals surface area contributed by atoms with Gasteiger partial charge in [0.05, 0.1) is 46.0 Å². The van der Waals surface area contributed by atoms with Gasteiger partial charge >= 0.3 is 98.5 Å². The Hall–Kier alpha value is -5.34. The number of carbonyl (C=O) groups excluding carboxylic acids is 2. The third-order valence-electron chi connectivity index (χ3n) is 13.5. The van der Waals surface area contributed by atoms with Gasteiger partial charge in [0, 0.05) is 75.6 Å². The Bertz CT molecular complexity index is 3580. The van der Waals surface area contributed by atoms with Crippen LogP contribution < -0.4 is 89.5 Å². The molecule has 0 spiro atoms. The van der Waals surface area contributed by atoms with E-state index in [4.69, 9.17) is 9.25 Å². The largest absolute Gasteiger partial charge is 1.00 e. The second-order valence-electron chi connectivity index (χ2n) is 18.3. The SMILES string of the molecule is COP(=O)([O-])On1c(=O)n(C2CCN(C(=O)Cc3ccc4ncccc4c3)CC2)c2c(C(F)(F)F)cccc21.COP(=O)([O-])On1c(=O)n(C2CCN(C(=O)Cc3ccc4ncccc4c3)CC2)c2c(C(F)(F)F)cccc21.[Na+].[Na+]. The van der Waals surface area contributed by atoms with Crippen LogP contribution in [0, 0.1) is 0 Å². The molecule has 0 aliphatic carbocycles. The number of phosphoric acid groups is 2. The van der Waals surface area contributed by atoms with E-state index in [-0.39, 0.29) is 147 Å². The third kappa shape index (κ3) is 13.4. The van der Waals surface area contributed by atoms with Crippen molar-refractivity contribution in [1.29, 1.82) is 0 Å². The molecule has 2 fully saturated rings. The predicted octanol–water partition coefficient (Wildman–Crippen LogP) is 0.647. The maximum Gasteiger partial charge on any atom is 1.00 e. The normalized spacial score (nSPS) is 16.1. The molecule has 6 heterocycles. The fourth-order valence-corrected chi connectivity index (χ4v) is 10.7. The molecule has 2 saturated heterocycles. The number of rotatable bonds is 12. The molecular formula is C50H46F6N8Na2O12P2. The van der Waals surface area contributed by atoms with Gasteiger partial charge < -0.3 is 37.9 Å². The van der Waals surface area contributed by atoms with E-state index >= 15 is 0 Å². The van der Waals surface area contributed by atoms with Gasteiger partial charge in [-0.25, -0.2) is 9.59 Å². The summed E-state index contributed by atoms with van der Waals surface area (Å²) in [4.78, 5) is 88.1. The number of alkyl halides is 6. The Morgan fingerprint density at radius 2 is 0.938 bits per heavy atom. The molecule has 0 bridgehead atoms. The van der Waals surface area contributed by atoms with E-state index in [1.165, 1.54) is 0 Å². The van der Waals surface area contributed by atoms with E-state index < -0.39 is 73.6 Å². The molecule has 8 aromatic rings. The monoisotopic (exact) mass is 1170 g/mol. The fourth-order valence-electron chi connectivity index (χ4n) is 9.84. The van der Waals surface area contributed by atoms with Gasteiger partial charge in [-0.05, 0) is 97.5 Å². The zero-order valence-corrected chi connectivity index (χ0v) is 49.0. The van der Waals surface area contributed by atoms with Crippen molar-refractivity contribution in [2.45, 2.75) is 63.0 Å². The summed E-state index contributed by atoms with van der Waals surface area (Å²) in [5.41, 5.74) is -2.93. The fraction of sp³-hybridized carbons (Fsp3) is 0.320. The Balaban J connectivity index is 0.000000225. The van der Waals surface area contributed by atoms with Crippen LogP contribution in [0.2, 0.25) is 0 Å². The number of phosphoric ester groups is 2. The molecule has 10 rings (SSSR count). The molecule has 0 N–H and O–H groups in total. The molecule has 0 radical (unpaired) electrons. The van der Waals surface area contributed by atoms with Crippen LogP contribution in [0.15, 0.2) is 119 Å². The summed E-state index contributed by atoms with van der Waals surface area (Å²) < 4.78 is 128. The molecule has 2 atom stereocenters. The molecule has 0 saturated carbocycles. The Kier molecular flexibility index (Phi) is 19.5. The second-order valence-corrected chi connectivity index (χ2v) is 21.1. The molecule has 2 amide bonds. The predicted molar refractivity (Wildman–Crippen MR) is 265 cm³/mol. The number of imidazole rings is 2. The number of pyridine rings is 2. The van der Waals surface area contributed by atoms with Crippen molar-refractivity contribution in [2.24, 2.45) is 0 Å². The first-order chi connectivity index (χ1) is 37.0. The summed E-state index contributed by atoms with van der Waals surface area (Å²) in [6.45, 7) is 0.797. The minimum absolute atomic E-state index is 0. The molecule has 2 aliphatic heterocycles. The van der Waals surface area contributed by atoms with Crippen molar-refractivity contribution in [3.63, 3.8) is 0 Å². The van der Waals surface area contributed by atoms with Crippen molar-refractivity contribution >= 4 is 71.3 Å². The molecule has 30 heteroatoms. The summed E-state index contributed by atoms with van der Waals surface area (Å²) in [5.74, 6) is -0.309. The van der Waals surface area contributed by atoms with Gasteiger partial charge in [0.25, 0.3) is 0 Å². The van der Waals surface area contributed by atoms with Gasteiger partial charge in [-0.15, -0.1) is 9.46 Å². The zero-order chi connectivity index (χ0) is 55.9. The molecule has 80 heavy (non-hydrogen) atoms. The smallest absolute Gasteiger partial charge is 0.745 e. The number of amides is 2. The van der Waals surface area contributed by atoms with Gasteiger partial charge in [-0.1, -0.05) is 36.4 Å². The Morgan fingerprint density at radius 1 is 0.575 bits per heavy atom. The number of nitrogens with zero attached hydrogens (tertiary/aromatic N) is 8. The molecule has 4 aromatic heterocycles. The number of carbonyl (C=O) groups is 2. The molecule has 4 aromatic carbocycles. The zero-order valence-electron chi connectivity index (χ0n) is 43.3. The van der Waals surface area contributed by atoms with Crippen molar-refractivity contribution in [3.05, 3.63) is 153 Å². The minimum Gasteiger partial charge on any atom is -0.745 e. The van der Waals surface area contributed by atoms with E-state index in [0.29, 0.717) is 9.46 Å². The van der Waals surface area contributed by atoms with Crippen molar-refractivity contribution in [3.8, 4) is 0 Å². The van der Waals surface area contributed by atoms with Crippen LogP contribution in [0.4, 0.5) is 26.3 Å². The number of fused-ring (bicyclic) bond motifs is 4. The van der Waals surface area contributed by atoms with Crippen LogP contribution >= 0.6 is 15.6 Å². The summed E-state index contributed by atoms with van der Waals surface area (Å²) in [7, 11) is -8.43. The standard InChI is InChI=1S/2C25H24F3N4O6P.2Na/c2*1-37-39(35,36)38-32-21-6-2-5-19(25(26,27)28)23(21)31(24(32)34)18-9-12-30(13-10-18)22(33)15-16-7-8-20-17(14-16)4-3-11-29-20;;/h2*2-8,11,14,18H,9-10,12-13,15H2,1H3,(H,35,36);;/q;;2*+1/p-2. The Morgan fingerprint density at radius 3 is 1.27 bits per heavy atom. The van der Waals surface area contributed by atoms with E-state index in [1.807, 2.05) is 48.5 Å². The number of halogens is 6. The molecular weight excluding hydrogens is 1130 g/mol. The number of hydrogen-bond donors (Lipinski definition) is 0. The maximum atomic E-state index is 13.9. The number of benzene rings is 4. The first-order valence-electron chi connectivity index (χ1n) is 24.0. The van der Waals surface area contributed by atoms with Gasteiger partial charge in [0.15, 0.2) is 0 Å². The van der Waals surface area contributed by atoms with Gasteiger partial charge in [0.1, 0.15) is 11.0 Å². The van der Waals surface area contributed by atoms with Gasteiger partial charge in [0.2, 0.25) is 11.8 Å². The third-order valence-corrected chi connectivity index (χ3v) is 15.2. The van der Waals surface area contributed by atoms with E-state index in [2.05, 4.69) is 19.0 Å². The van der Waals surface area contributed by atoms with Crippen LogP contribution in [0.1, 0.15) is 60.0 Å². The number of likely N-dealkylation sites (tertiary alicyclic amines) is 2. The first kappa shape index (κ1) is 62.3. The number of aromatic nitrogens is 6. The number of para-hydroxylation sites is 2. The minimum atomic E-state index is -5.02. The summed E-state index contributed by atoms with van der Waals surface area (Å²) in [6, 6.07) is 23.1. The van der Waals surface area contributed by atoms with Crippen LogP contribution in [-0.4, -0.2) is 90.6 Å². The quantitative estimate of drug-likeness (QED) is 0.0929. The average Bonchev–Trinajstić information content (AvgIpc) is 3.94. The average molecular weight is 1170 g/mol. The molecule has 412 valence electrons. The van der Waals surface area contributed by atoms with Crippen molar-refractivity contribution < 1.29 is 132 Å².